The van der Waals surface area contributed by atoms with Crippen LogP contribution in [-0.2, 0) is 9.59 Å². The third-order valence-corrected chi connectivity index (χ3v) is 5.12. The molecule has 0 spiro atoms. The van der Waals surface area contributed by atoms with Gasteiger partial charge in [0.1, 0.15) is 0 Å². The molecule has 2 heterocycles. The minimum atomic E-state index is -0.147. The fourth-order valence-electron chi connectivity index (χ4n) is 3.72. The summed E-state index contributed by atoms with van der Waals surface area (Å²) in [5.74, 6) is 0.920. The maximum absolute atomic E-state index is 12.9. The summed E-state index contributed by atoms with van der Waals surface area (Å²) in [6, 6.07) is 3.14. The Morgan fingerprint density at radius 1 is 0.926 bits per heavy atom. The minimum absolute atomic E-state index is 0.102. The van der Waals surface area contributed by atoms with Gasteiger partial charge in [0.05, 0.1) is 21.3 Å². The molecule has 0 aromatic heterocycles. The number of carbonyl (C=O) groups is 3. The van der Waals surface area contributed by atoms with E-state index in [-0.39, 0.29) is 23.8 Å². The molecule has 0 N–H and O–H groups in total. The Bertz CT molecular complexity index is 714. The van der Waals surface area contributed by atoms with Gasteiger partial charge in [0.25, 0.3) is 5.91 Å². The third-order valence-electron chi connectivity index (χ3n) is 5.12. The number of carbonyl (C=O) groups excluding carboxylic acids is 3. The van der Waals surface area contributed by atoms with Crippen LogP contribution >= 0.6 is 0 Å². The number of ether oxygens (including phenoxy) is 3. The predicted molar refractivity (Wildman–Crippen MR) is 96.1 cm³/mol. The maximum Gasteiger partial charge on any atom is 0.254 e. The lowest BCUT2D eigenvalue weighted by Gasteiger charge is -2.35. The summed E-state index contributed by atoms with van der Waals surface area (Å²) in [4.78, 5) is 39.8. The lowest BCUT2D eigenvalue weighted by Crippen LogP contribution is -2.48. The molecule has 2 saturated heterocycles. The van der Waals surface area contributed by atoms with E-state index in [0.29, 0.717) is 61.6 Å². The van der Waals surface area contributed by atoms with Crippen LogP contribution < -0.4 is 14.2 Å². The van der Waals surface area contributed by atoms with Gasteiger partial charge in [-0.25, -0.2) is 0 Å². The van der Waals surface area contributed by atoms with Crippen LogP contribution in [0.4, 0.5) is 0 Å². The molecule has 27 heavy (non-hydrogen) atoms. The van der Waals surface area contributed by atoms with E-state index in [4.69, 9.17) is 14.2 Å². The Morgan fingerprint density at radius 2 is 1.44 bits per heavy atom. The van der Waals surface area contributed by atoms with Crippen LogP contribution in [-0.4, -0.2) is 68.0 Å². The van der Waals surface area contributed by atoms with Crippen molar-refractivity contribution < 1.29 is 28.6 Å². The number of methoxy groups -OCH3 is 3. The first-order valence-electron chi connectivity index (χ1n) is 8.94. The van der Waals surface area contributed by atoms with Crippen molar-refractivity contribution in [3.05, 3.63) is 17.7 Å². The number of hydrogen-bond donors (Lipinski definition) is 0. The number of benzene rings is 1. The minimum Gasteiger partial charge on any atom is -0.493 e. The lowest BCUT2D eigenvalue weighted by molar-refractivity contribution is -0.141. The molecule has 3 amide bonds. The molecule has 0 bridgehead atoms. The number of amides is 3. The molecule has 0 unspecified atom stereocenters. The Morgan fingerprint density at radius 3 is 1.89 bits per heavy atom. The Labute approximate surface area is 158 Å². The number of imide groups is 1. The predicted octanol–water partition coefficient (Wildman–Crippen LogP) is 1.47. The first-order chi connectivity index (χ1) is 13.0. The van der Waals surface area contributed by atoms with Crippen molar-refractivity contribution in [1.29, 1.82) is 0 Å². The zero-order chi connectivity index (χ0) is 19.6. The zero-order valence-electron chi connectivity index (χ0n) is 15.8. The van der Waals surface area contributed by atoms with Crippen LogP contribution in [0.1, 0.15) is 36.0 Å². The van der Waals surface area contributed by atoms with Gasteiger partial charge in [-0.15, -0.1) is 0 Å². The van der Waals surface area contributed by atoms with Crippen molar-refractivity contribution in [1.82, 2.24) is 9.80 Å². The average molecular weight is 376 g/mol. The molecule has 0 aliphatic carbocycles. The van der Waals surface area contributed by atoms with Gasteiger partial charge in [-0.05, 0) is 25.0 Å². The molecule has 3 rings (SSSR count). The Kier molecular flexibility index (Phi) is 5.53. The van der Waals surface area contributed by atoms with Gasteiger partial charge in [-0.3, -0.25) is 19.3 Å². The topological polar surface area (TPSA) is 85.4 Å². The van der Waals surface area contributed by atoms with Crippen LogP contribution in [0.3, 0.4) is 0 Å². The van der Waals surface area contributed by atoms with Crippen molar-refractivity contribution in [2.75, 3.05) is 34.4 Å². The van der Waals surface area contributed by atoms with E-state index in [1.54, 1.807) is 17.0 Å². The quantitative estimate of drug-likeness (QED) is 0.724. The molecule has 0 saturated carbocycles. The van der Waals surface area contributed by atoms with Crippen LogP contribution in [0.5, 0.6) is 17.2 Å². The molecule has 2 aliphatic heterocycles. The van der Waals surface area contributed by atoms with E-state index < -0.39 is 0 Å². The largest absolute Gasteiger partial charge is 0.493 e. The lowest BCUT2D eigenvalue weighted by atomic mass is 10.0. The van der Waals surface area contributed by atoms with E-state index in [2.05, 4.69) is 0 Å². The molecule has 1 aromatic carbocycles. The van der Waals surface area contributed by atoms with E-state index in [1.165, 1.54) is 26.2 Å². The van der Waals surface area contributed by atoms with Crippen molar-refractivity contribution in [3.8, 4) is 17.2 Å². The zero-order valence-corrected chi connectivity index (χ0v) is 15.8. The molecule has 146 valence electrons. The molecule has 1 aromatic rings. The first kappa shape index (κ1) is 19.0. The fourth-order valence-corrected chi connectivity index (χ4v) is 3.72. The number of nitrogens with zero attached hydrogens (tertiary/aromatic N) is 2. The smallest absolute Gasteiger partial charge is 0.254 e. The fraction of sp³-hybridized carbons (Fsp3) is 0.526. The number of likely N-dealkylation sites (tertiary alicyclic amines) is 2. The normalized spacial score (nSPS) is 18.0. The highest BCUT2D eigenvalue weighted by molar-refractivity contribution is 6.02. The van der Waals surface area contributed by atoms with Gasteiger partial charge in [0.15, 0.2) is 11.5 Å². The molecule has 0 radical (unpaired) electrons. The standard InChI is InChI=1S/C19H24N2O6/c1-25-14-10-12(11-15(26-2)18(14)27-3)19(24)20-8-6-13(7-9-20)21-16(22)4-5-17(21)23/h10-11,13H,4-9H2,1-3H3. The van der Waals surface area contributed by atoms with Crippen molar-refractivity contribution in [2.24, 2.45) is 0 Å². The summed E-state index contributed by atoms with van der Waals surface area (Å²) in [7, 11) is 4.51. The molecule has 8 nitrogen and oxygen atoms in total. The highest BCUT2D eigenvalue weighted by Crippen LogP contribution is 2.38. The summed E-state index contributed by atoms with van der Waals surface area (Å²) >= 11 is 0. The molecule has 2 fully saturated rings. The Balaban J connectivity index is 1.72. The van der Waals surface area contributed by atoms with Crippen molar-refractivity contribution in [3.63, 3.8) is 0 Å². The molecule has 8 heteroatoms. The van der Waals surface area contributed by atoms with Gasteiger partial charge < -0.3 is 19.1 Å². The second kappa shape index (κ2) is 7.85. The van der Waals surface area contributed by atoms with Gasteiger partial charge in [-0.1, -0.05) is 0 Å². The number of hydrogen-bond acceptors (Lipinski definition) is 6. The van der Waals surface area contributed by atoms with Gasteiger partial charge in [0, 0.05) is 37.5 Å². The molecule has 2 aliphatic rings. The molecular weight excluding hydrogens is 352 g/mol. The third kappa shape index (κ3) is 3.56. The average Bonchev–Trinajstić information content (AvgIpc) is 3.04. The summed E-state index contributed by atoms with van der Waals surface area (Å²) in [5.41, 5.74) is 0.441. The van der Waals surface area contributed by atoms with Crippen LogP contribution in [0.25, 0.3) is 0 Å². The molecular formula is C19H24N2O6. The van der Waals surface area contributed by atoms with Crippen molar-refractivity contribution >= 4 is 17.7 Å². The van der Waals surface area contributed by atoms with Crippen molar-refractivity contribution in [2.45, 2.75) is 31.7 Å². The van der Waals surface area contributed by atoms with E-state index in [9.17, 15) is 14.4 Å². The van der Waals surface area contributed by atoms with E-state index >= 15 is 0 Å². The second-order valence-corrected chi connectivity index (χ2v) is 6.59. The number of rotatable bonds is 5. The second-order valence-electron chi connectivity index (χ2n) is 6.59. The Hall–Kier alpha value is -2.77. The maximum atomic E-state index is 12.9. The van der Waals surface area contributed by atoms with Gasteiger partial charge in [-0.2, -0.15) is 0 Å². The summed E-state index contributed by atoms with van der Waals surface area (Å²) in [5, 5.41) is 0. The number of piperidine rings is 1. The SMILES string of the molecule is COc1cc(C(=O)N2CCC(N3C(=O)CCC3=O)CC2)cc(OC)c1OC. The van der Waals surface area contributed by atoms with E-state index in [0.717, 1.165) is 0 Å². The molecule has 0 atom stereocenters. The van der Waals surface area contributed by atoms with Crippen LogP contribution in [0.15, 0.2) is 12.1 Å². The highest BCUT2D eigenvalue weighted by atomic mass is 16.5. The van der Waals surface area contributed by atoms with Gasteiger partial charge in [0.2, 0.25) is 17.6 Å². The summed E-state index contributed by atoms with van der Waals surface area (Å²) in [6.07, 6.45) is 1.77. The summed E-state index contributed by atoms with van der Waals surface area (Å²) in [6.45, 7) is 0.967. The summed E-state index contributed by atoms with van der Waals surface area (Å²) < 4.78 is 15.9. The van der Waals surface area contributed by atoms with E-state index in [1.807, 2.05) is 0 Å². The van der Waals surface area contributed by atoms with Crippen LogP contribution in [0.2, 0.25) is 0 Å². The highest BCUT2D eigenvalue weighted by Gasteiger charge is 2.37. The van der Waals surface area contributed by atoms with Crippen LogP contribution in [0, 0.1) is 0 Å². The first-order valence-corrected chi connectivity index (χ1v) is 8.94. The van der Waals surface area contributed by atoms with Gasteiger partial charge >= 0.3 is 0 Å². The monoisotopic (exact) mass is 376 g/mol.